The van der Waals surface area contributed by atoms with E-state index in [0.29, 0.717) is 29.0 Å². The van der Waals surface area contributed by atoms with Crippen LogP contribution in [0, 0.1) is 0 Å². The highest BCUT2D eigenvalue weighted by molar-refractivity contribution is 9.10. The number of halogens is 1. The lowest BCUT2D eigenvalue weighted by molar-refractivity contribution is 0.187. The molecule has 0 aliphatic carbocycles. The summed E-state index contributed by atoms with van der Waals surface area (Å²) >= 11 is 3.22. The minimum Gasteiger partial charge on any atom is -0.383 e. The van der Waals surface area contributed by atoms with Crippen LogP contribution in [0.4, 0.5) is 0 Å². The number of aryl methyl sites for hydroxylation is 1. The number of imidazole rings is 1. The van der Waals surface area contributed by atoms with Gasteiger partial charge in [-0.25, -0.2) is 9.78 Å². The Kier molecular flexibility index (Phi) is 3.16. The third-order valence-corrected chi connectivity index (χ3v) is 3.19. The highest BCUT2D eigenvalue weighted by Gasteiger charge is 2.14. The van der Waals surface area contributed by atoms with Crippen molar-refractivity contribution in [3.63, 3.8) is 0 Å². The van der Waals surface area contributed by atoms with E-state index in [-0.39, 0.29) is 0 Å². The Morgan fingerprint density at radius 2 is 2.18 bits per heavy atom. The van der Waals surface area contributed by atoms with Crippen LogP contribution in [0.25, 0.3) is 11.2 Å². The Morgan fingerprint density at radius 3 is 2.82 bits per heavy atom. The van der Waals surface area contributed by atoms with Gasteiger partial charge in [0.1, 0.15) is 0 Å². The molecular weight excluding hydrogens is 292 g/mol. The standard InChI is InChI=1S/C9H11BrN4O3/c1-13-5-6(11-8(13)10)14(3-4-17-2)9(16)12-7(5)15/h3-4H2,1-2H3,(H,12,15,16). The molecule has 2 rings (SSSR count). The van der Waals surface area contributed by atoms with Gasteiger partial charge in [-0.15, -0.1) is 0 Å². The average molecular weight is 303 g/mol. The Bertz CT molecular complexity index is 669. The molecule has 0 bridgehead atoms. The smallest absolute Gasteiger partial charge is 0.330 e. The zero-order chi connectivity index (χ0) is 12.6. The van der Waals surface area contributed by atoms with E-state index < -0.39 is 11.2 Å². The van der Waals surface area contributed by atoms with Gasteiger partial charge in [0.25, 0.3) is 5.56 Å². The number of aromatic amines is 1. The van der Waals surface area contributed by atoms with Crippen molar-refractivity contribution in [1.82, 2.24) is 19.1 Å². The fraction of sp³-hybridized carbons (Fsp3) is 0.444. The normalized spacial score (nSPS) is 11.2. The van der Waals surface area contributed by atoms with Crippen molar-refractivity contribution in [2.24, 2.45) is 7.05 Å². The van der Waals surface area contributed by atoms with E-state index in [2.05, 4.69) is 25.9 Å². The number of hydrogen-bond donors (Lipinski definition) is 1. The number of rotatable bonds is 3. The molecular formula is C9H11BrN4O3. The van der Waals surface area contributed by atoms with Crippen LogP contribution < -0.4 is 11.2 Å². The molecule has 7 nitrogen and oxygen atoms in total. The highest BCUT2D eigenvalue weighted by atomic mass is 79.9. The van der Waals surface area contributed by atoms with E-state index in [9.17, 15) is 9.59 Å². The summed E-state index contributed by atoms with van der Waals surface area (Å²) in [5.41, 5.74) is -0.220. The third kappa shape index (κ3) is 1.93. The van der Waals surface area contributed by atoms with Crippen LogP contribution in [0.15, 0.2) is 14.3 Å². The number of nitrogens with zero attached hydrogens (tertiary/aromatic N) is 3. The van der Waals surface area contributed by atoms with Gasteiger partial charge in [-0.3, -0.25) is 14.3 Å². The van der Waals surface area contributed by atoms with Crippen molar-refractivity contribution in [3.05, 3.63) is 25.6 Å². The summed E-state index contributed by atoms with van der Waals surface area (Å²) in [6.07, 6.45) is 0. The summed E-state index contributed by atoms with van der Waals surface area (Å²) in [5.74, 6) is 0. The van der Waals surface area contributed by atoms with Crippen molar-refractivity contribution < 1.29 is 4.74 Å². The summed E-state index contributed by atoms with van der Waals surface area (Å²) in [4.78, 5) is 29.8. The average Bonchev–Trinajstić information content (AvgIpc) is 2.55. The topological polar surface area (TPSA) is 81.9 Å². The number of H-pyrrole nitrogens is 1. The quantitative estimate of drug-likeness (QED) is 0.798. The van der Waals surface area contributed by atoms with Crippen molar-refractivity contribution >= 4 is 27.1 Å². The Hall–Kier alpha value is -1.41. The lowest BCUT2D eigenvalue weighted by Gasteiger charge is -2.04. The summed E-state index contributed by atoms with van der Waals surface area (Å²) in [6.45, 7) is 0.710. The van der Waals surface area contributed by atoms with Crippen LogP contribution in [-0.4, -0.2) is 32.8 Å². The van der Waals surface area contributed by atoms with E-state index >= 15 is 0 Å². The van der Waals surface area contributed by atoms with Gasteiger partial charge in [0.05, 0.1) is 13.2 Å². The van der Waals surface area contributed by atoms with Crippen molar-refractivity contribution in [2.75, 3.05) is 13.7 Å². The first-order valence-corrected chi connectivity index (χ1v) is 5.69. The number of ether oxygens (including phenoxy) is 1. The summed E-state index contributed by atoms with van der Waals surface area (Å²) in [5, 5.41) is 0. The van der Waals surface area contributed by atoms with Crippen molar-refractivity contribution in [2.45, 2.75) is 6.54 Å². The van der Waals surface area contributed by atoms with Crippen LogP contribution in [0.5, 0.6) is 0 Å². The first kappa shape index (κ1) is 12.1. The second-order valence-electron chi connectivity index (χ2n) is 3.52. The zero-order valence-electron chi connectivity index (χ0n) is 9.36. The molecule has 0 spiro atoms. The van der Waals surface area contributed by atoms with E-state index in [0.717, 1.165) is 0 Å². The number of nitrogens with one attached hydrogen (secondary N) is 1. The lowest BCUT2D eigenvalue weighted by Crippen LogP contribution is -2.31. The highest BCUT2D eigenvalue weighted by Crippen LogP contribution is 2.13. The van der Waals surface area contributed by atoms with Gasteiger partial charge in [0, 0.05) is 14.2 Å². The lowest BCUT2D eigenvalue weighted by atomic mass is 10.5. The molecule has 92 valence electrons. The molecule has 0 saturated heterocycles. The first-order chi connectivity index (χ1) is 8.06. The van der Waals surface area contributed by atoms with Crippen molar-refractivity contribution in [1.29, 1.82) is 0 Å². The fourth-order valence-electron chi connectivity index (χ4n) is 1.61. The molecule has 2 heterocycles. The molecule has 0 fully saturated rings. The molecule has 1 N–H and O–H groups in total. The minimum atomic E-state index is -0.481. The predicted molar refractivity (Wildman–Crippen MR) is 65.2 cm³/mol. The van der Waals surface area contributed by atoms with Crippen LogP contribution in [-0.2, 0) is 18.3 Å². The molecule has 0 aliphatic rings. The molecule has 2 aromatic rings. The molecule has 0 saturated carbocycles. The molecule has 0 amide bonds. The molecule has 0 atom stereocenters. The van der Waals surface area contributed by atoms with Gasteiger partial charge < -0.3 is 9.30 Å². The Balaban J connectivity index is 2.79. The zero-order valence-corrected chi connectivity index (χ0v) is 10.9. The molecule has 8 heteroatoms. The van der Waals surface area contributed by atoms with Gasteiger partial charge in [0.2, 0.25) is 0 Å². The first-order valence-electron chi connectivity index (χ1n) is 4.90. The Morgan fingerprint density at radius 1 is 1.47 bits per heavy atom. The third-order valence-electron chi connectivity index (χ3n) is 2.48. The van der Waals surface area contributed by atoms with Crippen LogP contribution in [0.3, 0.4) is 0 Å². The number of fused-ring (bicyclic) bond motifs is 1. The Labute approximate surface area is 104 Å². The summed E-state index contributed by atoms with van der Waals surface area (Å²) in [6, 6.07) is 0. The SMILES string of the molecule is COCCn1c(=O)[nH]c(=O)c2c1nc(Br)n2C. The monoisotopic (exact) mass is 302 g/mol. The number of methoxy groups -OCH3 is 1. The number of hydrogen-bond acceptors (Lipinski definition) is 4. The molecule has 0 unspecified atom stereocenters. The molecule has 17 heavy (non-hydrogen) atoms. The maximum absolute atomic E-state index is 11.7. The summed E-state index contributed by atoms with van der Waals surface area (Å²) in [7, 11) is 3.24. The van der Waals surface area contributed by atoms with Crippen LogP contribution in [0.1, 0.15) is 0 Å². The molecule has 0 aliphatic heterocycles. The molecule has 0 aromatic carbocycles. The van der Waals surface area contributed by atoms with Gasteiger partial charge in [-0.2, -0.15) is 0 Å². The number of aromatic nitrogens is 4. The fourth-order valence-corrected chi connectivity index (χ4v) is 1.95. The van der Waals surface area contributed by atoms with Gasteiger partial charge in [0.15, 0.2) is 15.9 Å². The largest absolute Gasteiger partial charge is 0.383 e. The van der Waals surface area contributed by atoms with Crippen LogP contribution >= 0.6 is 15.9 Å². The second kappa shape index (κ2) is 4.46. The van der Waals surface area contributed by atoms with Gasteiger partial charge >= 0.3 is 5.69 Å². The second-order valence-corrected chi connectivity index (χ2v) is 4.23. The van der Waals surface area contributed by atoms with Crippen molar-refractivity contribution in [3.8, 4) is 0 Å². The maximum atomic E-state index is 11.7. The molecule has 2 aromatic heterocycles. The van der Waals surface area contributed by atoms with Gasteiger partial charge in [-0.1, -0.05) is 0 Å². The molecule has 0 radical (unpaired) electrons. The van der Waals surface area contributed by atoms with Crippen LogP contribution in [0.2, 0.25) is 0 Å². The predicted octanol–water partition coefficient (Wildman–Crippen LogP) is -0.168. The maximum Gasteiger partial charge on any atom is 0.330 e. The van der Waals surface area contributed by atoms with E-state index in [1.54, 1.807) is 18.7 Å². The van der Waals surface area contributed by atoms with E-state index in [1.807, 2.05) is 0 Å². The van der Waals surface area contributed by atoms with E-state index in [4.69, 9.17) is 4.74 Å². The van der Waals surface area contributed by atoms with E-state index in [1.165, 1.54) is 4.57 Å². The van der Waals surface area contributed by atoms with Gasteiger partial charge in [-0.05, 0) is 15.9 Å². The minimum absolute atomic E-state index is 0.339. The summed E-state index contributed by atoms with van der Waals surface area (Å²) < 4.78 is 8.37.